The Morgan fingerprint density at radius 2 is 1.90 bits per heavy atom. The molecule has 1 aromatic carbocycles. The molecule has 20 heavy (non-hydrogen) atoms. The number of pyridine rings is 1. The Morgan fingerprint density at radius 1 is 1.25 bits per heavy atom. The van der Waals surface area contributed by atoms with Gasteiger partial charge in [-0.05, 0) is 49.6 Å². The number of hydrogen-bond acceptors (Lipinski definition) is 3. The van der Waals surface area contributed by atoms with Gasteiger partial charge < -0.3 is 5.11 Å². The zero-order chi connectivity index (χ0) is 14.7. The van der Waals surface area contributed by atoms with Crippen LogP contribution in [0.5, 0.6) is 0 Å². The lowest BCUT2D eigenvalue weighted by Gasteiger charge is -2.11. The van der Waals surface area contributed by atoms with Crippen molar-refractivity contribution in [3.05, 3.63) is 58.3 Å². The highest BCUT2D eigenvalue weighted by atomic mass is 32.2. The maximum absolute atomic E-state index is 11.2. The van der Waals surface area contributed by atoms with Gasteiger partial charge in [0.05, 0.1) is 5.56 Å². The summed E-state index contributed by atoms with van der Waals surface area (Å²) in [5.41, 5.74) is 5.24. The molecular formula is C16H17NO2S. The van der Waals surface area contributed by atoms with Crippen LogP contribution in [0.25, 0.3) is 0 Å². The molecule has 0 amide bonds. The van der Waals surface area contributed by atoms with Crippen molar-refractivity contribution in [2.24, 2.45) is 0 Å². The van der Waals surface area contributed by atoms with E-state index >= 15 is 0 Å². The number of benzene rings is 1. The van der Waals surface area contributed by atoms with Gasteiger partial charge in [-0.2, -0.15) is 0 Å². The Balaban J connectivity index is 2.24. The number of aromatic nitrogens is 1. The van der Waals surface area contributed by atoms with E-state index < -0.39 is 5.97 Å². The van der Waals surface area contributed by atoms with Crippen molar-refractivity contribution in [1.29, 1.82) is 0 Å². The average Bonchev–Trinajstić information content (AvgIpc) is 2.37. The van der Waals surface area contributed by atoms with Gasteiger partial charge >= 0.3 is 5.97 Å². The van der Waals surface area contributed by atoms with Gasteiger partial charge in [0, 0.05) is 11.9 Å². The molecule has 104 valence electrons. The molecule has 3 nitrogen and oxygen atoms in total. The Labute approximate surface area is 123 Å². The molecular weight excluding hydrogens is 270 g/mol. The molecule has 0 unspecified atom stereocenters. The largest absolute Gasteiger partial charge is 0.478 e. The molecule has 4 heteroatoms. The van der Waals surface area contributed by atoms with E-state index in [1.54, 1.807) is 18.3 Å². The quantitative estimate of drug-likeness (QED) is 0.864. The van der Waals surface area contributed by atoms with Crippen molar-refractivity contribution in [2.75, 3.05) is 0 Å². The summed E-state index contributed by atoms with van der Waals surface area (Å²) >= 11 is 1.47. The highest BCUT2D eigenvalue weighted by Crippen LogP contribution is 2.27. The van der Waals surface area contributed by atoms with Gasteiger partial charge in [0.2, 0.25) is 0 Å². The molecule has 0 fully saturated rings. The number of nitrogens with zero attached hydrogens (tertiary/aromatic N) is 1. The highest BCUT2D eigenvalue weighted by molar-refractivity contribution is 7.98. The average molecular weight is 287 g/mol. The molecule has 1 heterocycles. The first-order chi connectivity index (χ1) is 9.49. The standard InChI is InChI=1S/C16H17NO2S/c1-10-7-11(2)14(12(3)8-10)9-20-15-13(16(18)19)5-4-6-17-15/h4-8H,9H2,1-3H3,(H,18,19). The van der Waals surface area contributed by atoms with E-state index in [1.807, 2.05) is 0 Å². The van der Waals surface area contributed by atoms with Crippen molar-refractivity contribution < 1.29 is 9.90 Å². The van der Waals surface area contributed by atoms with Crippen LogP contribution in [-0.4, -0.2) is 16.1 Å². The molecule has 0 aliphatic rings. The first-order valence-corrected chi connectivity index (χ1v) is 7.35. The smallest absolute Gasteiger partial charge is 0.338 e. The first-order valence-electron chi connectivity index (χ1n) is 6.37. The SMILES string of the molecule is Cc1cc(C)c(CSc2ncccc2C(=O)O)c(C)c1. The number of carboxylic acids is 1. The number of hydrogen-bond donors (Lipinski definition) is 1. The van der Waals surface area contributed by atoms with Crippen LogP contribution in [0, 0.1) is 20.8 Å². The van der Waals surface area contributed by atoms with Gasteiger partial charge in [0.1, 0.15) is 5.03 Å². The van der Waals surface area contributed by atoms with Gasteiger partial charge in [0.25, 0.3) is 0 Å². The molecule has 0 spiro atoms. The molecule has 2 aromatic rings. The summed E-state index contributed by atoms with van der Waals surface area (Å²) in [6.45, 7) is 6.26. The van der Waals surface area contributed by atoms with E-state index in [-0.39, 0.29) is 5.56 Å². The number of thioether (sulfide) groups is 1. The lowest BCUT2D eigenvalue weighted by atomic mass is 10.0. The van der Waals surface area contributed by atoms with E-state index in [0.29, 0.717) is 5.03 Å². The fraction of sp³-hybridized carbons (Fsp3) is 0.250. The zero-order valence-corrected chi connectivity index (χ0v) is 12.6. The Morgan fingerprint density at radius 3 is 2.50 bits per heavy atom. The van der Waals surface area contributed by atoms with E-state index in [2.05, 4.69) is 37.9 Å². The number of rotatable bonds is 4. The normalized spacial score (nSPS) is 10.6. The second-order valence-electron chi connectivity index (χ2n) is 4.83. The number of carboxylic acid groups (broad SMARTS) is 1. The van der Waals surface area contributed by atoms with Gasteiger partial charge in [-0.3, -0.25) is 0 Å². The second-order valence-corrected chi connectivity index (χ2v) is 5.79. The first kappa shape index (κ1) is 14.6. The van der Waals surface area contributed by atoms with Gasteiger partial charge in [-0.25, -0.2) is 9.78 Å². The fourth-order valence-corrected chi connectivity index (χ4v) is 3.43. The van der Waals surface area contributed by atoms with E-state index in [9.17, 15) is 4.79 Å². The summed E-state index contributed by atoms with van der Waals surface area (Å²) in [5, 5.41) is 9.72. The minimum atomic E-state index is -0.932. The molecule has 0 saturated carbocycles. The second kappa shape index (κ2) is 6.09. The summed E-state index contributed by atoms with van der Waals surface area (Å²) in [6, 6.07) is 7.54. The Hall–Kier alpha value is -1.81. The summed E-state index contributed by atoms with van der Waals surface area (Å²) in [5.74, 6) is -0.201. The van der Waals surface area contributed by atoms with E-state index in [0.717, 1.165) is 5.75 Å². The fourth-order valence-electron chi connectivity index (χ4n) is 2.25. The van der Waals surface area contributed by atoms with Crippen LogP contribution >= 0.6 is 11.8 Å². The number of carbonyl (C=O) groups is 1. The predicted octanol–water partition coefficient (Wildman–Crippen LogP) is 4.00. The van der Waals surface area contributed by atoms with Gasteiger partial charge in [-0.1, -0.05) is 17.7 Å². The minimum Gasteiger partial charge on any atom is -0.478 e. The topological polar surface area (TPSA) is 50.2 Å². The van der Waals surface area contributed by atoms with Crippen LogP contribution in [0.1, 0.15) is 32.6 Å². The van der Waals surface area contributed by atoms with Crippen LogP contribution in [0.3, 0.4) is 0 Å². The Bertz CT molecular complexity index is 630. The maximum Gasteiger partial charge on any atom is 0.338 e. The lowest BCUT2D eigenvalue weighted by molar-refractivity contribution is 0.0692. The molecule has 0 aliphatic heterocycles. The summed E-state index contributed by atoms with van der Waals surface area (Å²) in [7, 11) is 0. The summed E-state index contributed by atoms with van der Waals surface area (Å²) < 4.78 is 0. The number of aromatic carboxylic acids is 1. The highest BCUT2D eigenvalue weighted by Gasteiger charge is 2.12. The van der Waals surface area contributed by atoms with Crippen molar-refractivity contribution in [3.8, 4) is 0 Å². The van der Waals surface area contributed by atoms with Gasteiger partial charge in [0.15, 0.2) is 0 Å². The molecule has 0 saturated heterocycles. The molecule has 0 bridgehead atoms. The van der Waals surface area contributed by atoms with Crippen molar-refractivity contribution >= 4 is 17.7 Å². The monoisotopic (exact) mass is 287 g/mol. The molecule has 1 aromatic heterocycles. The van der Waals surface area contributed by atoms with E-state index in [1.165, 1.54) is 34.0 Å². The molecule has 2 rings (SSSR count). The zero-order valence-electron chi connectivity index (χ0n) is 11.8. The lowest BCUT2D eigenvalue weighted by Crippen LogP contribution is -2.01. The van der Waals surface area contributed by atoms with Crippen LogP contribution < -0.4 is 0 Å². The summed E-state index contributed by atoms with van der Waals surface area (Å²) in [6.07, 6.45) is 1.63. The van der Waals surface area contributed by atoms with Crippen LogP contribution in [-0.2, 0) is 5.75 Å². The maximum atomic E-state index is 11.2. The third-order valence-electron chi connectivity index (χ3n) is 3.20. The molecule has 0 aliphatic carbocycles. The molecule has 0 radical (unpaired) electrons. The van der Waals surface area contributed by atoms with Crippen LogP contribution in [0.4, 0.5) is 0 Å². The van der Waals surface area contributed by atoms with Gasteiger partial charge in [-0.15, -0.1) is 11.8 Å². The minimum absolute atomic E-state index is 0.264. The predicted molar refractivity (Wildman–Crippen MR) is 81.4 cm³/mol. The molecule has 0 atom stereocenters. The van der Waals surface area contributed by atoms with Crippen molar-refractivity contribution in [3.63, 3.8) is 0 Å². The molecule has 1 N–H and O–H groups in total. The van der Waals surface area contributed by atoms with Crippen LogP contribution in [0.15, 0.2) is 35.5 Å². The number of aryl methyl sites for hydroxylation is 3. The van der Waals surface area contributed by atoms with Crippen molar-refractivity contribution in [1.82, 2.24) is 4.98 Å². The third-order valence-corrected chi connectivity index (χ3v) is 4.23. The summed E-state index contributed by atoms with van der Waals surface area (Å²) in [4.78, 5) is 15.3. The van der Waals surface area contributed by atoms with E-state index in [4.69, 9.17) is 5.11 Å². The Kier molecular flexibility index (Phi) is 4.45. The van der Waals surface area contributed by atoms with Crippen LogP contribution in [0.2, 0.25) is 0 Å². The third kappa shape index (κ3) is 3.20. The van der Waals surface area contributed by atoms with Crippen molar-refractivity contribution in [2.45, 2.75) is 31.6 Å².